The largest absolute Gasteiger partial charge is 0.310 e. The highest BCUT2D eigenvalue weighted by Gasteiger charge is 2.33. The Balaban J connectivity index is 1.20. The average Bonchev–Trinajstić information content (AvgIpc) is 3.42. The molecule has 0 bridgehead atoms. The minimum Gasteiger partial charge on any atom is -0.310 e. The van der Waals surface area contributed by atoms with Crippen LogP contribution in [0, 0.1) is 0 Å². The topological polar surface area (TPSA) is 3.24 Å². The minimum absolute atomic E-state index is 0.0484. The quantitative estimate of drug-likeness (QED) is 0.175. The van der Waals surface area contributed by atoms with Crippen molar-refractivity contribution in [3.63, 3.8) is 0 Å². The van der Waals surface area contributed by atoms with E-state index in [9.17, 15) is 0 Å². The molecule has 0 saturated heterocycles. The molecule has 9 rings (SSSR count). The number of hydrogen-bond donors (Lipinski definition) is 0. The minimum atomic E-state index is -0.0484. The second kappa shape index (κ2) is 11.1. The van der Waals surface area contributed by atoms with E-state index in [2.05, 4.69) is 195 Å². The molecular formula is C47H35N. The van der Waals surface area contributed by atoms with Crippen molar-refractivity contribution in [1.82, 2.24) is 0 Å². The lowest BCUT2D eigenvalue weighted by Crippen LogP contribution is -2.16. The van der Waals surface area contributed by atoms with Gasteiger partial charge in [0.05, 0.1) is 0 Å². The Labute approximate surface area is 282 Å². The van der Waals surface area contributed by atoms with Crippen molar-refractivity contribution in [2.45, 2.75) is 19.3 Å². The van der Waals surface area contributed by atoms with Crippen molar-refractivity contribution < 1.29 is 0 Å². The van der Waals surface area contributed by atoms with Crippen LogP contribution in [0.3, 0.4) is 0 Å². The summed E-state index contributed by atoms with van der Waals surface area (Å²) in [6.07, 6.45) is 2.36. The van der Waals surface area contributed by atoms with Gasteiger partial charge in [-0.25, -0.2) is 0 Å². The fraction of sp³-hybridized carbons (Fsp3) is 0.0638. The fourth-order valence-electron chi connectivity index (χ4n) is 7.82. The van der Waals surface area contributed by atoms with Gasteiger partial charge in [-0.05, 0) is 108 Å². The first-order valence-corrected chi connectivity index (χ1v) is 16.8. The molecule has 48 heavy (non-hydrogen) atoms. The number of benzene rings is 8. The normalized spacial score (nSPS) is 13.5. The molecule has 8 aromatic rings. The van der Waals surface area contributed by atoms with E-state index in [0.29, 0.717) is 0 Å². The van der Waals surface area contributed by atoms with Gasteiger partial charge in [0, 0.05) is 22.5 Å². The van der Waals surface area contributed by atoms with Crippen molar-refractivity contribution in [2.75, 3.05) is 4.90 Å². The summed E-state index contributed by atoms with van der Waals surface area (Å²) in [7, 11) is 0. The first kappa shape index (κ1) is 28.3. The molecule has 0 amide bonds. The predicted octanol–water partition coefficient (Wildman–Crippen LogP) is 13.1. The number of fused-ring (bicyclic) bond motifs is 7. The molecule has 0 atom stereocenters. The van der Waals surface area contributed by atoms with Gasteiger partial charge in [0.2, 0.25) is 0 Å². The van der Waals surface area contributed by atoms with Gasteiger partial charge in [0.1, 0.15) is 0 Å². The molecule has 0 heterocycles. The molecule has 0 unspecified atom stereocenters. The van der Waals surface area contributed by atoms with E-state index < -0.39 is 0 Å². The summed E-state index contributed by atoms with van der Waals surface area (Å²) in [6, 6.07) is 62.0. The van der Waals surface area contributed by atoms with E-state index in [1.807, 2.05) is 0 Å². The molecule has 0 radical (unpaired) electrons. The summed E-state index contributed by atoms with van der Waals surface area (Å²) in [5.74, 6) is 0. The highest BCUT2D eigenvalue weighted by molar-refractivity contribution is 6.25. The Morgan fingerprint density at radius 3 is 1.44 bits per heavy atom. The summed E-state index contributed by atoms with van der Waals surface area (Å²) in [5.41, 5.74) is 11.1. The zero-order chi connectivity index (χ0) is 32.2. The Morgan fingerprint density at radius 1 is 0.375 bits per heavy atom. The molecule has 0 saturated carbocycles. The molecule has 0 aromatic heterocycles. The number of anilines is 3. The first-order chi connectivity index (χ1) is 23.6. The maximum absolute atomic E-state index is 2.39. The second-order valence-electron chi connectivity index (χ2n) is 13.4. The lowest BCUT2D eigenvalue weighted by Gasteiger charge is -2.28. The number of hydrogen-bond acceptors (Lipinski definition) is 1. The zero-order valence-corrected chi connectivity index (χ0v) is 27.2. The number of allylic oxidation sites excluding steroid dienone is 1. The summed E-state index contributed by atoms with van der Waals surface area (Å²) in [6.45, 7) is 4.67. The molecule has 0 aliphatic heterocycles. The maximum atomic E-state index is 2.39. The second-order valence-corrected chi connectivity index (χ2v) is 13.4. The van der Waals surface area contributed by atoms with Crippen LogP contribution < -0.4 is 4.90 Å². The van der Waals surface area contributed by atoms with Gasteiger partial charge in [0.15, 0.2) is 0 Å². The van der Waals surface area contributed by atoms with Gasteiger partial charge >= 0.3 is 0 Å². The predicted molar refractivity (Wildman–Crippen MR) is 206 cm³/mol. The summed E-state index contributed by atoms with van der Waals surface area (Å²) in [5, 5.41) is 7.68. The van der Waals surface area contributed by atoms with Crippen LogP contribution in [0.5, 0.6) is 0 Å². The molecule has 228 valence electrons. The van der Waals surface area contributed by atoms with Crippen LogP contribution in [0.15, 0.2) is 170 Å². The van der Waals surface area contributed by atoms with E-state index in [1.54, 1.807) is 0 Å². The van der Waals surface area contributed by atoms with E-state index >= 15 is 0 Å². The summed E-state index contributed by atoms with van der Waals surface area (Å²) >= 11 is 0. The van der Waals surface area contributed by atoms with Gasteiger partial charge in [-0.1, -0.05) is 147 Å². The summed E-state index contributed by atoms with van der Waals surface area (Å²) < 4.78 is 0. The van der Waals surface area contributed by atoms with Crippen LogP contribution in [-0.2, 0) is 5.41 Å². The van der Waals surface area contributed by atoms with E-state index in [4.69, 9.17) is 0 Å². The maximum Gasteiger partial charge on any atom is 0.0468 e. The van der Waals surface area contributed by atoms with Crippen molar-refractivity contribution in [3.05, 3.63) is 187 Å². The third kappa shape index (κ3) is 4.54. The molecule has 0 fully saturated rings. The highest BCUT2D eigenvalue weighted by Crippen LogP contribution is 2.47. The molecule has 1 aliphatic rings. The van der Waals surface area contributed by atoms with Gasteiger partial charge in [-0.15, -0.1) is 0 Å². The third-order valence-electron chi connectivity index (χ3n) is 10.3. The highest BCUT2D eigenvalue weighted by atomic mass is 15.1. The Bertz CT molecular complexity index is 2470. The van der Waals surface area contributed by atoms with Crippen molar-refractivity contribution in [2.24, 2.45) is 0 Å². The standard InChI is InChI=1S/C47H35N/c1-47(2)45-19-11-6-14-35(45)30-46(47)34-22-26-37(27-23-34)48(36-24-20-33(21-25-36)32-12-4-3-5-13-32)38-28-29-43-41-17-8-7-15-39(41)40-16-9-10-18-42(40)44(43)31-38/h3-31H,1-2H3. The molecular weight excluding hydrogens is 579 g/mol. The molecule has 8 aromatic carbocycles. The third-order valence-corrected chi connectivity index (χ3v) is 10.3. The number of nitrogens with zero attached hydrogens (tertiary/aromatic N) is 1. The molecule has 1 nitrogen and oxygen atoms in total. The fourth-order valence-corrected chi connectivity index (χ4v) is 7.82. The molecule has 1 aliphatic carbocycles. The van der Waals surface area contributed by atoms with Gasteiger partial charge in [-0.2, -0.15) is 0 Å². The van der Waals surface area contributed by atoms with Crippen LogP contribution in [0.1, 0.15) is 30.5 Å². The van der Waals surface area contributed by atoms with Crippen molar-refractivity contribution >= 4 is 61.0 Å². The smallest absolute Gasteiger partial charge is 0.0468 e. The van der Waals surface area contributed by atoms with Crippen LogP contribution >= 0.6 is 0 Å². The lowest BCUT2D eigenvalue weighted by atomic mass is 9.78. The van der Waals surface area contributed by atoms with Crippen LogP contribution in [-0.4, -0.2) is 0 Å². The summed E-state index contributed by atoms with van der Waals surface area (Å²) in [4.78, 5) is 2.39. The van der Waals surface area contributed by atoms with Crippen LogP contribution in [0.4, 0.5) is 17.1 Å². The van der Waals surface area contributed by atoms with Crippen molar-refractivity contribution in [3.8, 4) is 11.1 Å². The van der Waals surface area contributed by atoms with E-state index in [1.165, 1.54) is 65.7 Å². The van der Waals surface area contributed by atoms with E-state index in [-0.39, 0.29) is 5.41 Å². The van der Waals surface area contributed by atoms with Crippen molar-refractivity contribution in [1.29, 1.82) is 0 Å². The Kier molecular flexibility index (Phi) is 6.55. The van der Waals surface area contributed by atoms with Crippen LogP contribution in [0.25, 0.3) is 55.1 Å². The Hall–Kier alpha value is -5.92. The SMILES string of the molecule is CC1(C)C(c2ccc(N(c3ccc(-c4ccccc4)cc3)c3ccc4c5ccccc5c5ccccc5c4c3)cc2)=Cc2ccccc21. The van der Waals surface area contributed by atoms with E-state index in [0.717, 1.165) is 17.1 Å². The van der Waals surface area contributed by atoms with Gasteiger partial charge < -0.3 is 4.90 Å². The number of rotatable bonds is 5. The molecule has 0 spiro atoms. The van der Waals surface area contributed by atoms with Gasteiger partial charge in [0.25, 0.3) is 0 Å². The molecule has 1 heteroatoms. The average molecular weight is 614 g/mol. The van der Waals surface area contributed by atoms with Gasteiger partial charge in [-0.3, -0.25) is 0 Å². The first-order valence-electron chi connectivity index (χ1n) is 16.8. The van der Waals surface area contributed by atoms with Crippen LogP contribution in [0.2, 0.25) is 0 Å². The Morgan fingerprint density at radius 2 is 0.833 bits per heavy atom. The monoisotopic (exact) mass is 613 g/mol. The lowest BCUT2D eigenvalue weighted by molar-refractivity contribution is 0.704. The molecule has 0 N–H and O–H groups in total. The zero-order valence-electron chi connectivity index (χ0n) is 27.2.